The van der Waals surface area contributed by atoms with Gasteiger partial charge in [-0.05, 0) is 54.1 Å². The molecule has 1 aliphatic rings. The molecule has 1 N–H and O–H groups in total. The molecule has 1 amide bonds. The quantitative estimate of drug-likeness (QED) is 0.303. The van der Waals surface area contributed by atoms with E-state index >= 15 is 0 Å². The van der Waals surface area contributed by atoms with E-state index in [2.05, 4.69) is 15.9 Å². The molecule has 6 heteroatoms. The minimum absolute atomic E-state index is 0.0449. The van der Waals surface area contributed by atoms with Crippen LogP contribution < -0.4 is 4.90 Å². The summed E-state index contributed by atoms with van der Waals surface area (Å²) < 4.78 is 0.871. The summed E-state index contributed by atoms with van der Waals surface area (Å²) in [4.78, 5) is 27.4. The Bertz CT molecular complexity index is 1110. The van der Waals surface area contributed by atoms with Crippen molar-refractivity contribution in [3.63, 3.8) is 0 Å². The molecule has 1 aliphatic heterocycles. The van der Waals surface area contributed by atoms with Gasteiger partial charge in [0.05, 0.1) is 11.6 Å². The second-order valence-corrected chi connectivity index (χ2v) is 7.92. The molecule has 1 atom stereocenters. The molecule has 0 spiro atoms. The van der Waals surface area contributed by atoms with Crippen LogP contribution in [0, 0.1) is 0 Å². The monoisotopic (exact) mass is 467 g/mol. The first kappa shape index (κ1) is 19.4. The first-order chi connectivity index (χ1) is 14.0. The third-order valence-corrected chi connectivity index (χ3v) is 5.56. The highest BCUT2D eigenvalue weighted by atomic mass is 79.9. The Morgan fingerprint density at radius 2 is 1.52 bits per heavy atom. The van der Waals surface area contributed by atoms with Gasteiger partial charge in [-0.3, -0.25) is 14.5 Å². The van der Waals surface area contributed by atoms with Gasteiger partial charge in [0.25, 0.3) is 11.7 Å². The molecule has 29 heavy (non-hydrogen) atoms. The van der Waals surface area contributed by atoms with Crippen LogP contribution in [0.2, 0.25) is 5.02 Å². The average Bonchev–Trinajstić information content (AvgIpc) is 3.00. The van der Waals surface area contributed by atoms with Crippen molar-refractivity contribution in [2.24, 2.45) is 0 Å². The molecule has 0 radical (unpaired) electrons. The summed E-state index contributed by atoms with van der Waals surface area (Å²) in [6, 6.07) is 22.0. The zero-order chi connectivity index (χ0) is 20.5. The highest BCUT2D eigenvalue weighted by Gasteiger charge is 2.46. The predicted molar refractivity (Wildman–Crippen MR) is 117 cm³/mol. The minimum Gasteiger partial charge on any atom is -0.507 e. The number of hydrogen-bond donors (Lipinski definition) is 1. The number of rotatable bonds is 3. The molecule has 0 aromatic heterocycles. The van der Waals surface area contributed by atoms with Crippen LogP contribution in [0.25, 0.3) is 5.76 Å². The Morgan fingerprint density at radius 3 is 2.14 bits per heavy atom. The second kappa shape index (κ2) is 7.85. The first-order valence-electron chi connectivity index (χ1n) is 8.85. The third kappa shape index (κ3) is 3.59. The summed E-state index contributed by atoms with van der Waals surface area (Å²) in [5.74, 6) is -1.64. The number of benzene rings is 3. The number of nitrogens with zero attached hydrogens (tertiary/aromatic N) is 1. The van der Waals surface area contributed by atoms with Crippen LogP contribution in [0.5, 0.6) is 0 Å². The van der Waals surface area contributed by atoms with Crippen molar-refractivity contribution in [3.8, 4) is 0 Å². The molecule has 1 fully saturated rings. The summed E-state index contributed by atoms with van der Waals surface area (Å²) in [6.45, 7) is 0. The molecule has 144 valence electrons. The first-order valence-corrected chi connectivity index (χ1v) is 10.0. The molecule has 3 aromatic carbocycles. The smallest absolute Gasteiger partial charge is 0.300 e. The topological polar surface area (TPSA) is 57.6 Å². The molecule has 0 unspecified atom stereocenters. The fraction of sp³-hybridized carbons (Fsp3) is 0.0435. The van der Waals surface area contributed by atoms with Crippen molar-refractivity contribution in [1.29, 1.82) is 0 Å². The molecule has 4 rings (SSSR count). The lowest BCUT2D eigenvalue weighted by molar-refractivity contribution is -0.132. The molecule has 3 aromatic rings. The number of carbonyl (C=O) groups is 2. The van der Waals surface area contributed by atoms with Crippen LogP contribution in [0.3, 0.4) is 0 Å². The lowest BCUT2D eigenvalue weighted by atomic mass is 9.95. The molecule has 1 heterocycles. The van der Waals surface area contributed by atoms with E-state index in [1.807, 2.05) is 30.3 Å². The summed E-state index contributed by atoms with van der Waals surface area (Å²) >= 11 is 9.34. The number of ketones is 1. The van der Waals surface area contributed by atoms with Crippen LogP contribution in [0.15, 0.2) is 88.9 Å². The van der Waals surface area contributed by atoms with Crippen molar-refractivity contribution in [2.45, 2.75) is 6.04 Å². The normalized spacial score (nSPS) is 18.3. The molecular weight excluding hydrogens is 454 g/mol. The van der Waals surface area contributed by atoms with Crippen LogP contribution in [-0.4, -0.2) is 16.8 Å². The van der Waals surface area contributed by atoms with Crippen LogP contribution in [0.4, 0.5) is 5.69 Å². The van der Waals surface area contributed by atoms with E-state index in [1.165, 1.54) is 4.90 Å². The van der Waals surface area contributed by atoms with E-state index in [4.69, 9.17) is 11.6 Å². The van der Waals surface area contributed by atoms with Crippen molar-refractivity contribution in [3.05, 3.63) is 105 Å². The number of aliphatic hydroxyl groups is 1. The van der Waals surface area contributed by atoms with E-state index in [1.54, 1.807) is 48.5 Å². The number of aliphatic hydroxyl groups excluding tert-OH is 1. The fourth-order valence-electron chi connectivity index (χ4n) is 3.41. The molecular formula is C23H15BrClNO3. The van der Waals surface area contributed by atoms with Gasteiger partial charge >= 0.3 is 0 Å². The van der Waals surface area contributed by atoms with E-state index in [9.17, 15) is 14.7 Å². The number of para-hydroxylation sites is 1. The van der Waals surface area contributed by atoms with Crippen LogP contribution >= 0.6 is 27.5 Å². The number of hydrogen-bond acceptors (Lipinski definition) is 3. The van der Waals surface area contributed by atoms with E-state index in [-0.39, 0.29) is 11.3 Å². The summed E-state index contributed by atoms with van der Waals surface area (Å²) in [7, 11) is 0. The average molecular weight is 469 g/mol. The van der Waals surface area contributed by atoms with Crippen LogP contribution in [0.1, 0.15) is 17.2 Å². The molecule has 0 bridgehead atoms. The van der Waals surface area contributed by atoms with Crippen molar-refractivity contribution >= 4 is 50.7 Å². The standard InChI is InChI=1S/C23H15BrClNO3/c24-16-10-6-14(7-11-16)20-19(21(27)15-8-12-17(25)13-9-15)22(28)23(29)26(20)18-4-2-1-3-5-18/h1-13,20,27H/b21-19+/t20-/m0/s1. The second-order valence-electron chi connectivity index (χ2n) is 6.56. The Hall–Kier alpha value is -2.89. The van der Waals surface area contributed by atoms with Crippen molar-refractivity contribution in [1.82, 2.24) is 0 Å². The van der Waals surface area contributed by atoms with Gasteiger partial charge in [0.1, 0.15) is 5.76 Å². The molecule has 1 saturated heterocycles. The summed E-state index contributed by atoms with van der Waals surface area (Å²) in [6.07, 6.45) is 0. The SMILES string of the molecule is O=C1C(=O)N(c2ccccc2)[C@@H](c2ccc(Br)cc2)/C1=C(\O)c1ccc(Cl)cc1. The van der Waals surface area contributed by atoms with E-state index in [0.29, 0.717) is 21.8 Å². The zero-order valence-corrected chi connectivity index (χ0v) is 17.4. The van der Waals surface area contributed by atoms with Gasteiger partial charge in [0.15, 0.2) is 0 Å². The third-order valence-electron chi connectivity index (χ3n) is 4.78. The zero-order valence-electron chi connectivity index (χ0n) is 15.0. The largest absolute Gasteiger partial charge is 0.507 e. The van der Waals surface area contributed by atoms with Gasteiger partial charge in [-0.2, -0.15) is 0 Å². The van der Waals surface area contributed by atoms with Gasteiger partial charge in [-0.15, -0.1) is 0 Å². The number of amides is 1. The van der Waals surface area contributed by atoms with E-state index in [0.717, 1.165) is 4.47 Å². The van der Waals surface area contributed by atoms with Crippen LogP contribution in [-0.2, 0) is 9.59 Å². The van der Waals surface area contributed by atoms with Crippen molar-refractivity contribution in [2.75, 3.05) is 4.90 Å². The Morgan fingerprint density at radius 1 is 0.897 bits per heavy atom. The highest BCUT2D eigenvalue weighted by molar-refractivity contribution is 9.10. The summed E-state index contributed by atoms with van der Waals surface area (Å²) in [5.41, 5.74) is 1.76. The van der Waals surface area contributed by atoms with Gasteiger partial charge in [-0.1, -0.05) is 57.9 Å². The lowest BCUT2D eigenvalue weighted by Gasteiger charge is -2.25. The Kier molecular flexibility index (Phi) is 5.26. The van der Waals surface area contributed by atoms with Gasteiger partial charge < -0.3 is 5.11 Å². The maximum atomic E-state index is 13.0. The highest BCUT2D eigenvalue weighted by Crippen LogP contribution is 2.42. The molecule has 0 aliphatic carbocycles. The van der Waals surface area contributed by atoms with Gasteiger partial charge in [0.2, 0.25) is 0 Å². The Labute approximate surface area is 181 Å². The number of Topliss-reactive ketones (excluding diaryl/α,β-unsaturated/α-hetero) is 1. The number of anilines is 1. The molecule has 4 nitrogen and oxygen atoms in total. The summed E-state index contributed by atoms with van der Waals surface area (Å²) in [5, 5.41) is 11.5. The predicted octanol–water partition coefficient (Wildman–Crippen LogP) is 5.73. The van der Waals surface area contributed by atoms with Gasteiger partial charge in [-0.25, -0.2) is 0 Å². The minimum atomic E-state index is -0.749. The maximum Gasteiger partial charge on any atom is 0.300 e. The number of carbonyl (C=O) groups excluding carboxylic acids is 2. The van der Waals surface area contributed by atoms with E-state index < -0.39 is 17.7 Å². The van der Waals surface area contributed by atoms with Crippen molar-refractivity contribution < 1.29 is 14.7 Å². The maximum absolute atomic E-state index is 13.0. The van der Waals surface area contributed by atoms with Gasteiger partial charge in [0, 0.05) is 20.7 Å². The lowest BCUT2D eigenvalue weighted by Crippen LogP contribution is -2.29. The molecule has 0 saturated carbocycles. The Balaban J connectivity index is 1.94. The fourth-order valence-corrected chi connectivity index (χ4v) is 3.80. The number of halogens is 2.